The molecule has 0 aliphatic rings. The smallest absolute Gasteiger partial charge is 0.279 e. The number of ether oxygens (including phenoxy) is 1. The highest BCUT2D eigenvalue weighted by Crippen LogP contribution is 2.24. The van der Waals surface area contributed by atoms with Gasteiger partial charge in [0.15, 0.2) is 6.10 Å². The van der Waals surface area contributed by atoms with Crippen LogP contribution in [0.5, 0.6) is 5.75 Å². The predicted molar refractivity (Wildman–Crippen MR) is 107 cm³/mol. The number of hydrazine groups is 1. The second kappa shape index (κ2) is 8.25. The standard InChI is InChI=1S/C22H28N2O3/c1-14-7-12-19(15(2)13-14)21(26)24-23-20(25)16(3)27-18-10-8-17(9-11-18)22(4,5)6/h7-13,16H,1-6H3,(H,23,25)(H,24,26)/t16-/m0/s1. The molecule has 0 spiro atoms. The molecule has 2 rings (SSSR count). The van der Waals surface area contributed by atoms with E-state index >= 15 is 0 Å². The third-order valence-corrected chi connectivity index (χ3v) is 4.33. The Morgan fingerprint density at radius 2 is 1.59 bits per heavy atom. The molecule has 0 saturated heterocycles. The van der Waals surface area contributed by atoms with Crippen molar-refractivity contribution in [2.75, 3.05) is 0 Å². The van der Waals surface area contributed by atoms with E-state index in [9.17, 15) is 9.59 Å². The van der Waals surface area contributed by atoms with Crippen LogP contribution in [0.3, 0.4) is 0 Å². The normalized spacial score (nSPS) is 12.2. The van der Waals surface area contributed by atoms with E-state index in [4.69, 9.17) is 4.74 Å². The minimum atomic E-state index is -0.745. The molecular weight excluding hydrogens is 340 g/mol. The van der Waals surface area contributed by atoms with Gasteiger partial charge in [0.2, 0.25) is 0 Å². The van der Waals surface area contributed by atoms with Crippen molar-refractivity contribution in [2.24, 2.45) is 0 Å². The first-order valence-electron chi connectivity index (χ1n) is 9.02. The van der Waals surface area contributed by atoms with Crippen LogP contribution in [-0.2, 0) is 10.2 Å². The lowest BCUT2D eigenvalue weighted by molar-refractivity contribution is -0.128. The van der Waals surface area contributed by atoms with Crippen molar-refractivity contribution >= 4 is 11.8 Å². The van der Waals surface area contributed by atoms with E-state index in [0.717, 1.165) is 11.1 Å². The summed E-state index contributed by atoms with van der Waals surface area (Å²) < 4.78 is 5.66. The largest absolute Gasteiger partial charge is 0.481 e. The van der Waals surface area contributed by atoms with Crippen LogP contribution in [0.1, 0.15) is 54.7 Å². The Labute approximate surface area is 161 Å². The molecule has 2 amide bonds. The first-order valence-corrected chi connectivity index (χ1v) is 9.02. The third-order valence-electron chi connectivity index (χ3n) is 4.33. The highest BCUT2D eigenvalue weighted by Gasteiger charge is 2.18. The topological polar surface area (TPSA) is 67.4 Å². The Kier molecular flexibility index (Phi) is 6.26. The molecule has 5 nitrogen and oxygen atoms in total. The molecule has 1 atom stereocenters. The van der Waals surface area contributed by atoms with Crippen LogP contribution in [0.25, 0.3) is 0 Å². The molecule has 2 aromatic carbocycles. The second-order valence-electron chi connectivity index (χ2n) is 7.80. The molecule has 0 fully saturated rings. The first-order chi connectivity index (χ1) is 12.6. The van der Waals surface area contributed by atoms with Gasteiger partial charge in [-0.25, -0.2) is 0 Å². The minimum absolute atomic E-state index is 0.0555. The monoisotopic (exact) mass is 368 g/mol. The Morgan fingerprint density at radius 1 is 0.963 bits per heavy atom. The predicted octanol–water partition coefficient (Wildman–Crippen LogP) is 3.83. The zero-order valence-electron chi connectivity index (χ0n) is 16.8. The zero-order chi connectivity index (χ0) is 20.2. The molecule has 0 unspecified atom stereocenters. The number of carbonyl (C=O) groups excluding carboxylic acids is 2. The van der Waals surface area contributed by atoms with Crippen LogP contribution < -0.4 is 15.6 Å². The average molecular weight is 368 g/mol. The fraction of sp³-hybridized carbons (Fsp3) is 0.364. The van der Waals surface area contributed by atoms with Crippen molar-refractivity contribution in [2.45, 2.75) is 53.1 Å². The summed E-state index contributed by atoms with van der Waals surface area (Å²) >= 11 is 0. The highest BCUT2D eigenvalue weighted by molar-refractivity contribution is 5.97. The van der Waals surface area contributed by atoms with Gasteiger partial charge in [0.25, 0.3) is 11.8 Å². The number of hydrogen-bond donors (Lipinski definition) is 2. The number of aryl methyl sites for hydroxylation is 2. The molecule has 0 aromatic heterocycles. The van der Waals surface area contributed by atoms with Crippen LogP contribution in [0.4, 0.5) is 0 Å². The van der Waals surface area contributed by atoms with Gasteiger partial charge in [-0.3, -0.25) is 20.4 Å². The summed E-state index contributed by atoms with van der Waals surface area (Å²) in [4.78, 5) is 24.4. The first kappa shape index (κ1) is 20.5. The maximum absolute atomic E-state index is 12.2. The van der Waals surface area contributed by atoms with Gasteiger partial charge in [-0.2, -0.15) is 0 Å². The van der Waals surface area contributed by atoms with E-state index in [0.29, 0.717) is 11.3 Å². The minimum Gasteiger partial charge on any atom is -0.481 e. The number of benzene rings is 2. The van der Waals surface area contributed by atoms with Gasteiger partial charge >= 0.3 is 0 Å². The van der Waals surface area contributed by atoms with Crippen LogP contribution in [-0.4, -0.2) is 17.9 Å². The summed E-state index contributed by atoms with van der Waals surface area (Å²) in [6.45, 7) is 11.9. The summed E-state index contributed by atoms with van der Waals surface area (Å²) in [5.41, 5.74) is 8.54. The summed E-state index contributed by atoms with van der Waals surface area (Å²) in [6.07, 6.45) is -0.745. The van der Waals surface area contributed by atoms with Crippen molar-refractivity contribution in [3.63, 3.8) is 0 Å². The molecule has 2 N–H and O–H groups in total. The van der Waals surface area contributed by atoms with Crippen molar-refractivity contribution in [3.8, 4) is 5.75 Å². The van der Waals surface area contributed by atoms with E-state index in [1.807, 2.05) is 50.2 Å². The molecule has 0 saturated carbocycles. The SMILES string of the molecule is Cc1ccc(C(=O)NNC(=O)[C@H](C)Oc2ccc(C(C)(C)C)cc2)c(C)c1. The second-order valence-corrected chi connectivity index (χ2v) is 7.80. The Balaban J connectivity index is 1.91. The summed E-state index contributed by atoms with van der Waals surface area (Å²) in [7, 11) is 0. The third kappa shape index (κ3) is 5.58. The van der Waals surface area contributed by atoms with Crippen LogP contribution in [0.15, 0.2) is 42.5 Å². The van der Waals surface area contributed by atoms with Gasteiger partial charge in [0.05, 0.1) is 0 Å². The molecular formula is C22H28N2O3. The number of nitrogens with one attached hydrogen (secondary N) is 2. The average Bonchev–Trinajstić information content (AvgIpc) is 2.59. The van der Waals surface area contributed by atoms with E-state index in [1.54, 1.807) is 13.0 Å². The van der Waals surface area contributed by atoms with Crippen molar-refractivity contribution in [1.29, 1.82) is 0 Å². The number of rotatable bonds is 4. The fourth-order valence-electron chi connectivity index (χ4n) is 2.65. The van der Waals surface area contributed by atoms with E-state index in [-0.39, 0.29) is 11.3 Å². The van der Waals surface area contributed by atoms with Crippen molar-refractivity contribution < 1.29 is 14.3 Å². The van der Waals surface area contributed by atoms with Crippen LogP contribution in [0.2, 0.25) is 0 Å². The van der Waals surface area contributed by atoms with Crippen LogP contribution in [0, 0.1) is 13.8 Å². The number of carbonyl (C=O) groups is 2. The zero-order valence-corrected chi connectivity index (χ0v) is 16.8. The van der Waals surface area contributed by atoms with E-state index < -0.39 is 12.0 Å². The van der Waals surface area contributed by atoms with E-state index in [1.165, 1.54) is 5.56 Å². The molecule has 0 heterocycles. The van der Waals surface area contributed by atoms with Gasteiger partial charge in [0, 0.05) is 5.56 Å². The summed E-state index contributed by atoms with van der Waals surface area (Å²) in [5.74, 6) is -0.179. The van der Waals surface area contributed by atoms with Gasteiger partial charge in [0.1, 0.15) is 5.75 Å². The van der Waals surface area contributed by atoms with E-state index in [2.05, 4.69) is 31.6 Å². The van der Waals surface area contributed by atoms with Crippen molar-refractivity contribution in [3.05, 3.63) is 64.7 Å². The molecule has 144 valence electrons. The molecule has 0 aliphatic heterocycles. The maximum Gasteiger partial charge on any atom is 0.279 e. The lowest BCUT2D eigenvalue weighted by Crippen LogP contribution is -2.47. The highest BCUT2D eigenvalue weighted by atomic mass is 16.5. The molecule has 0 aliphatic carbocycles. The summed E-state index contributed by atoms with van der Waals surface area (Å²) in [6, 6.07) is 13.2. The lowest BCUT2D eigenvalue weighted by Gasteiger charge is -2.20. The quantitative estimate of drug-likeness (QED) is 0.806. The molecule has 2 aromatic rings. The lowest BCUT2D eigenvalue weighted by atomic mass is 9.87. The van der Waals surface area contributed by atoms with Crippen LogP contribution >= 0.6 is 0 Å². The van der Waals surface area contributed by atoms with Crippen molar-refractivity contribution in [1.82, 2.24) is 10.9 Å². The van der Waals surface area contributed by atoms with Gasteiger partial charge in [-0.1, -0.05) is 50.6 Å². The number of amides is 2. The van der Waals surface area contributed by atoms with Gasteiger partial charge in [-0.15, -0.1) is 0 Å². The maximum atomic E-state index is 12.2. The Bertz CT molecular complexity index is 820. The van der Waals surface area contributed by atoms with Gasteiger partial charge < -0.3 is 4.74 Å². The molecule has 0 radical (unpaired) electrons. The number of hydrogen-bond acceptors (Lipinski definition) is 3. The molecule has 5 heteroatoms. The fourth-order valence-corrected chi connectivity index (χ4v) is 2.65. The molecule has 0 bridgehead atoms. The Hall–Kier alpha value is -2.82. The van der Waals surface area contributed by atoms with Gasteiger partial charge in [-0.05, 0) is 55.5 Å². The summed E-state index contributed by atoms with van der Waals surface area (Å²) in [5, 5.41) is 0. The Morgan fingerprint density at radius 3 is 2.15 bits per heavy atom. The molecule has 27 heavy (non-hydrogen) atoms.